The van der Waals surface area contributed by atoms with Crippen LogP contribution in [0.25, 0.3) is 0 Å². The van der Waals surface area contributed by atoms with Crippen LogP contribution >= 0.6 is 0 Å². The van der Waals surface area contributed by atoms with Gasteiger partial charge in [0.25, 0.3) is 0 Å². The third-order valence-electron chi connectivity index (χ3n) is 8.12. The first kappa shape index (κ1) is 23.3. The summed E-state index contributed by atoms with van der Waals surface area (Å²) in [7, 11) is -2.85. The summed E-state index contributed by atoms with van der Waals surface area (Å²) in [5.41, 5.74) is 8.44. The second kappa shape index (κ2) is 8.28. The lowest BCUT2D eigenvalue weighted by Gasteiger charge is -2.46. The van der Waals surface area contributed by atoms with E-state index in [-0.39, 0.29) is 5.04 Å². The van der Waals surface area contributed by atoms with Crippen molar-refractivity contribution in [2.24, 2.45) is 5.92 Å². The Morgan fingerprint density at radius 2 is 1.50 bits per heavy atom. The minimum absolute atomic E-state index is 0.275. The predicted octanol–water partition coefficient (Wildman–Crippen LogP) is 6.94. The van der Waals surface area contributed by atoms with Gasteiger partial charge in [-0.05, 0) is 68.7 Å². The van der Waals surface area contributed by atoms with Gasteiger partial charge in [0, 0.05) is 0 Å². The molecule has 0 saturated carbocycles. The second-order valence-electron chi connectivity index (χ2n) is 11.2. The molecule has 1 aromatic rings. The van der Waals surface area contributed by atoms with Gasteiger partial charge < -0.3 is 0 Å². The standard InChI is InChI=1S/C28H42Si2/c1-19(2)28(14-12-11-13-15-28)29(27-23(6)21(4)22(5)24(27)7)25-16-20(3)17-26(18-25)30(8,9)10/h11-14,16-19,27,29H,15H2,1-10H3. The minimum Gasteiger partial charge on any atom is -0.0840 e. The van der Waals surface area contributed by atoms with Crippen LogP contribution in [0.15, 0.2) is 64.8 Å². The van der Waals surface area contributed by atoms with E-state index in [4.69, 9.17) is 0 Å². The zero-order valence-corrected chi connectivity index (χ0v) is 23.1. The van der Waals surface area contributed by atoms with E-state index in [0.29, 0.717) is 11.5 Å². The summed E-state index contributed by atoms with van der Waals surface area (Å²) in [6.07, 6.45) is 10.8. The van der Waals surface area contributed by atoms with E-state index >= 15 is 0 Å². The molecule has 2 unspecified atom stereocenters. The predicted molar refractivity (Wildman–Crippen MR) is 142 cm³/mol. The van der Waals surface area contributed by atoms with Crippen LogP contribution in [-0.2, 0) is 0 Å². The first-order valence-corrected chi connectivity index (χ1v) is 17.0. The molecule has 0 N–H and O–H groups in total. The molecule has 0 fully saturated rings. The Kier molecular flexibility index (Phi) is 6.42. The fourth-order valence-electron chi connectivity index (χ4n) is 5.79. The van der Waals surface area contributed by atoms with E-state index in [0.717, 1.165) is 0 Å². The van der Waals surface area contributed by atoms with Crippen molar-refractivity contribution in [1.82, 2.24) is 0 Å². The van der Waals surface area contributed by atoms with E-state index < -0.39 is 16.9 Å². The highest BCUT2D eigenvalue weighted by Crippen LogP contribution is 2.55. The fraction of sp³-hybridized carbons (Fsp3) is 0.500. The van der Waals surface area contributed by atoms with Crippen molar-refractivity contribution in [3.05, 3.63) is 70.4 Å². The Hall–Kier alpha value is -1.39. The summed E-state index contributed by atoms with van der Waals surface area (Å²) in [6.45, 7) is 24.3. The molecule has 162 valence electrons. The van der Waals surface area contributed by atoms with Gasteiger partial charge in [0.1, 0.15) is 0 Å². The van der Waals surface area contributed by atoms with Gasteiger partial charge in [-0.25, -0.2) is 0 Å². The molecule has 3 rings (SSSR count). The Bertz CT molecular complexity index is 925. The number of allylic oxidation sites excluding steroid dienone is 8. The van der Waals surface area contributed by atoms with Crippen LogP contribution in [-0.4, -0.2) is 16.9 Å². The number of aryl methyl sites for hydroxylation is 1. The number of hydrogen-bond donors (Lipinski definition) is 0. The van der Waals surface area contributed by atoms with Crippen molar-refractivity contribution in [3.63, 3.8) is 0 Å². The third-order valence-corrected chi connectivity index (χ3v) is 15.1. The fourth-order valence-corrected chi connectivity index (χ4v) is 12.6. The summed E-state index contributed by atoms with van der Waals surface area (Å²) >= 11 is 0. The molecular weight excluding hydrogens is 392 g/mol. The van der Waals surface area contributed by atoms with Gasteiger partial charge in [0.15, 0.2) is 0 Å². The van der Waals surface area contributed by atoms with Crippen LogP contribution in [0.5, 0.6) is 0 Å². The maximum absolute atomic E-state index is 2.65. The molecule has 0 heterocycles. The van der Waals surface area contributed by atoms with Crippen LogP contribution in [0.1, 0.15) is 53.5 Å². The minimum atomic E-state index is -1.47. The molecule has 30 heavy (non-hydrogen) atoms. The summed E-state index contributed by atoms with van der Waals surface area (Å²) in [5.74, 6) is 0.632. The monoisotopic (exact) mass is 434 g/mol. The second-order valence-corrected chi connectivity index (χ2v) is 19.7. The molecule has 0 bridgehead atoms. The van der Waals surface area contributed by atoms with Crippen molar-refractivity contribution in [2.45, 2.75) is 85.1 Å². The third kappa shape index (κ3) is 3.93. The molecule has 2 atom stereocenters. The van der Waals surface area contributed by atoms with Gasteiger partial charge in [0.2, 0.25) is 0 Å². The molecule has 2 aliphatic carbocycles. The van der Waals surface area contributed by atoms with Crippen molar-refractivity contribution in [3.8, 4) is 0 Å². The molecule has 2 heteroatoms. The number of benzene rings is 1. The lowest BCUT2D eigenvalue weighted by Crippen LogP contribution is -2.51. The molecule has 0 spiro atoms. The van der Waals surface area contributed by atoms with Crippen LogP contribution in [0.2, 0.25) is 30.2 Å². The average molecular weight is 435 g/mol. The van der Waals surface area contributed by atoms with E-state index in [2.05, 4.69) is 111 Å². The Morgan fingerprint density at radius 1 is 0.900 bits per heavy atom. The first-order valence-electron chi connectivity index (χ1n) is 11.7. The lowest BCUT2D eigenvalue weighted by molar-refractivity contribution is 0.475. The highest BCUT2D eigenvalue weighted by Gasteiger charge is 2.48. The van der Waals surface area contributed by atoms with Crippen LogP contribution < -0.4 is 10.4 Å². The number of hydrogen-bond acceptors (Lipinski definition) is 0. The molecule has 0 amide bonds. The van der Waals surface area contributed by atoms with E-state index in [1.165, 1.54) is 12.0 Å². The highest BCUT2D eigenvalue weighted by atomic mass is 28.3. The molecule has 0 aliphatic heterocycles. The topological polar surface area (TPSA) is 0 Å². The summed E-state index contributed by atoms with van der Waals surface area (Å²) in [4.78, 5) is 0. The van der Waals surface area contributed by atoms with Gasteiger partial charge in [-0.3, -0.25) is 0 Å². The smallest absolute Gasteiger partial charge is 0.0840 e. The summed E-state index contributed by atoms with van der Waals surface area (Å²) < 4.78 is 0. The lowest BCUT2D eigenvalue weighted by atomic mass is 9.88. The molecule has 2 aliphatic rings. The molecule has 1 aromatic carbocycles. The van der Waals surface area contributed by atoms with Crippen LogP contribution in [0.3, 0.4) is 0 Å². The van der Waals surface area contributed by atoms with E-state index in [9.17, 15) is 0 Å². The van der Waals surface area contributed by atoms with Crippen LogP contribution in [0.4, 0.5) is 0 Å². The van der Waals surface area contributed by atoms with Gasteiger partial charge in [-0.15, -0.1) is 0 Å². The van der Waals surface area contributed by atoms with Crippen molar-refractivity contribution in [1.29, 1.82) is 0 Å². The molecule has 0 nitrogen and oxygen atoms in total. The quantitative estimate of drug-likeness (QED) is 0.440. The largest absolute Gasteiger partial charge is 0.0927 e. The molecule has 0 saturated heterocycles. The molecular formula is C28H42Si2. The van der Waals surface area contributed by atoms with E-state index in [1.54, 1.807) is 32.7 Å². The maximum atomic E-state index is 2.65. The maximum Gasteiger partial charge on any atom is 0.0927 e. The molecule has 0 radical (unpaired) electrons. The van der Waals surface area contributed by atoms with Gasteiger partial charge in [-0.1, -0.05) is 103 Å². The van der Waals surface area contributed by atoms with Crippen molar-refractivity contribution in [2.75, 3.05) is 0 Å². The zero-order valence-electron chi connectivity index (χ0n) is 21.0. The molecule has 0 aromatic heterocycles. The summed E-state index contributed by atoms with van der Waals surface area (Å²) in [6, 6.07) is 7.67. The van der Waals surface area contributed by atoms with E-state index in [1.807, 2.05) is 0 Å². The van der Waals surface area contributed by atoms with Gasteiger partial charge in [0.05, 0.1) is 16.9 Å². The van der Waals surface area contributed by atoms with Gasteiger partial charge >= 0.3 is 0 Å². The Balaban J connectivity index is 2.32. The Morgan fingerprint density at radius 3 is 1.97 bits per heavy atom. The Labute approximate surface area is 188 Å². The first-order chi connectivity index (χ1) is 13.9. The summed E-state index contributed by atoms with van der Waals surface area (Å²) in [5, 5.41) is 3.59. The van der Waals surface area contributed by atoms with Crippen molar-refractivity contribution < 1.29 is 0 Å². The highest BCUT2D eigenvalue weighted by molar-refractivity contribution is 6.89. The van der Waals surface area contributed by atoms with Gasteiger partial charge in [-0.2, -0.15) is 0 Å². The van der Waals surface area contributed by atoms with Crippen LogP contribution in [0, 0.1) is 12.8 Å². The average Bonchev–Trinajstić information content (AvgIpc) is 2.86. The number of rotatable bonds is 5. The van der Waals surface area contributed by atoms with Crippen molar-refractivity contribution >= 4 is 27.2 Å². The normalized spacial score (nSPS) is 23.8. The SMILES string of the molecule is CC1=C(C)C([SiH](c2cc(C)cc([Si](C)(C)C)c2)C2(C(C)C)C=CC=CC2)C(C)=C1C. The zero-order chi connectivity index (χ0) is 22.4.